The lowest BCUT2D eigenvalue weighted by Gasteiger charge is -2.28. The second kappa shape index (κ2) is 8.97. The highest BCUT2D eigenvalue weighted by molar-refractivity contribution is 6.13. The predicted octanol–water partition coefficient (Wildman–Crippen LogP) is 11.0. The minimum atomic E-state index is -0.0384. The summed E-state index contributed by atoms with van der Waals surface area (Å²) < 4.78 is 6.33. The maximum absolute atomic E-state index is 6.33. The molecular weight excluding hydrogens is 498 g/mol. The van der Waals surface area contributed by atoms with Gasteiger partial charge in [0.25, 0.3) is 0 Å². The molecule has 6 aromatic carbocycles. The van der Waals surface area contributed by atoms with E-state index in [1.807, 2.05) is 12.1 Å². The van der Waals surface area contributed by atoms with Crippen LogP contribution in [0.5, 0.6) is 0 Å². The lowest BCUT2D eigenvalue weighted by Crippen LogP contribution is -2.15. The van der Waals surface area contributed by atoms with Crippen molar-refractivity contribution in [2.24, 2.45) is 0 Å². The number of benzene rings is 6. The minimum absolute atomic E-state index is 0.0384. The first-order valence-electron chi connectivity index (χ1n) is 14.2. The van der Waals surface area contributed by atoms with Crippen LogP contribution in [0.2, 0.25) is 0 Å². The average Bonchev–Trinajstić information content (AvgIpc) is 3.51. The van der Waals surface area contributed by atoms with Crippen LogP contribution in [-0.4, -0.2) is 0 Å². The van der Waals surface area contributed by atoms with E-state index in [-0.39, 0.29) is 5.41 Å². The normalized spacial score (nSPS) is 13.3. The van der Waals surface area contributed by atoms with Gasteiger partial charge < -0.3 is 9.32 Å². The van der Waals surface area contributed by atoms with Gasteiger partial charge >= 0.3 is 0 Å². The zero-order chi connectivity index (χ0) is 27.6. The Bertz CT molecular complexity index is 2080. The Hall–Kier alpha value is -5.08. The Morgan fingerprint density at radius 2 is 1.20 bits per heavy atom. The van der Waals surface area contributed by atoms with E-state index in [0.29, 0.717) is 0 Å². The molecule has 1 heterocycles. The summed E-state index contributed by atoms with van der Waals surface area (Å²) in [5.41, 5.74) is 12.8. The van der Waals surface area contributed by atoms with Gasteiger partial charge in [0.2, 0.25) is 0 Å². The monoisotopic (exact) mass is 527 g/mol. The van der Waals surface area contributed by atoms with Crippen molar-refractivity contribution < 1.29 is 4.42 Å². The fourth-order valence-corrected chi connectivity index (χ4v) is 6.67. The molecule has 0 fully saturated rings. The van der Waals surface area contributed by atoms with Crippen LogP contribution in [0.15, 0.2) is 144 Å². The Morgan fingerprint density at radius 1 is 0.512 bits per heavy atom. The number of para-hydroxylation sites is 1. The van der Waals surface area contributed by atoms with Crippen LogP contribution in [0, 0.1) is 0 Å². The summed E-state index contributed by atoms with van der Waals surface area (Å²) in [5, 5.41) is 2.24. The van der Waals surface area contributed by atoms with Crippen LogP contribution in [0.1, 0.15) is 25.0 Å². The molecule has 1 aliphatic carbocycles. The molecule has 0 N–H and O–H groups in total. The maximum Gasteiger partial charge on any atom is 0.137 e. The first kappa shape index (κ1) is 23.8. The molecular formula is C39H29NO. The smallest absolute Gasteiger partial charge is 0.137 e. The lowest BCUT2D eigenvalue weighted by atomic mass is 9.82. The SMILES string of the molecule is CC1(C)c2ccccc2-c2cc(N(c3cccc(-c4ccccc4)c3)c3cccc4oc5ccccc5c34)ccc21. The average molecular weight is 528 g/mol. The third-order valence-corrected chi connectivity index (χ3v) is 8.66. The molecule has 0 bridgehead atoms. The van der Waals surface area contributed by atoms with E-state index in [1.165, 1.54) is 33.4 Å². The van der Waals surface area contributed by atoms with Crippen LogP contribution in [0.25, 0.3) is 44.2 Å². The van der Waals surface area contributed by atoms with Gasteiger partial charge in [0.05, 0.1) is 11.1 Å². The van der Waals surface area contributed by atoms with Gasteiger partial charge in [-0.15, -0.1) is 0 Å². The van der Waals surface area contributed by atoms with Crippen molar-refractivity contribution in [3.63, 3.8) is 0 Å². The topological polar surface area (TPSA) is 16.4 Å². The van der Waals surface area contributed by atoms with Crippen molar-refractivity contribution in [2.45, 2.75) is 19.3 Å². The van der Waals surface area contributed by atoms with Crippen LogP contribution < -0.4 is 4.90 Å². The van der Waals surface area contributed by atoms with E-state index in [0.717, 1.165) is 39.0 Å². The van der Waals surface area contributed by atoms with E-state index >= 15 is 0 Å². The van der Waals surface area contributed by atoms with E-state index in [4.69, 9.17) is 4.42 Å². The van der Waals surface area contributed by atoms with E-state index in [2.05, 4.69) is 146 Å². The molecule has 0 atom stereocenters. The molecule has 41 heavy (non-hydrogen) atoms. The molecule has 1 aliphatic rings. The molecule has 8 rings (SSSR count). The minimum Gasteiger partial charge on any atom is -0.456 e. The molecule has 196 valence electrons. The Balaban J connectivity index is 1.40. The van der Waals surface area contributed by atoms with Crippen LogP contribution in [0.3, 0.4) is 0 Å². The van der Waals surface area contributed by atoms with Crippen molar-refractivity contribution in [3.8, 4) is 22.3 Å². The lowest BCUT2D eigenvalue weighted by molar-refractivity contribution is 0.660. The summed E-state index contributed by atoms with van der Waals surface area (Å²) in [6.07, 6.45) is 0. The Morgan fingerprint density at radius 3 is 2.10 bits per heavy atom. The first-order valence-corrected chi connectivity index (χ1v) is 14.2. The number of hydrogen-bond donors (Lipinski definition) is 0. The molecule has 0 aliphatic heterocycles. The second-order valence-corrected chi connectivity index (χ2v) is 11.4. The summed E-state index contributed by atoms with van der Waals surface area (Å²) in [6.45, 7) is 4.66. The Labute approximate surface area is 240 Å². The number of rotatable bonds is 4. The molecule has 2 heteroatoms. The molecule has 2 nitrogen and oxygen atoms in total. The molecule has 0 saturated heterocycles. The van der Waals surface area contributed by atoms with Gasteiger partial charge in [-0.05, 0) is 75.8 Å². The number of furan rings is 1. The summed E-state index contributed by atoms with van der Waals surface area (Å²) in [6, 6.07) is 50.0. The number of anilines is 3. The zero-order valence-corrected chi connectivity index (χ0v) is 23.1. The fourth-order valence-electron chi connectivity index (χ4n) is 6.67. The maximum atomic E-state index is 6.33. The van der Waals surface area contributed by atoms with E-state index in [9.17, 15) is 0 Å². The van der Waals surface area contributed by atoms with Gasteiger partial charge in [0.1, 0.15) is 11.2 Å². The van der Waals surface area contributed by atoms with Gasteiger partial charge in [-0.2, -0.15) is 0 Å². The number of nitrogens with zero attached hydrogens (tertiary/aromatic N) is 1. The second-order valence-electron chi connectivity index (χ2n) is 11.4. The highest BCUT2D eigenvalue weighted by atomic mass is 16.3. The molecule has 0 spiro atoms. The zero-order valence-electron chi connectivity index (χ0n) is 23.1. The fraction of sp³-hybridized carbons (Fsp3) is 0.0769. The molecule has 0 unspecified atom stereocenters. The first-order chi connectivity index (χ1) is 20.1. The number of fused-ring (bicyclic) bond motifs is 6. The predicted molar refractivity (Wildman–Crippen MR) is 171 cm³/mol. The van der Waals surface area contributed by atoms with E-state index in [1.54, 1.807) is 0 Å². The van der Waals surface area contributed by atoms with Gasteiger partial charge in [0.15, 0.2) is 0 Å². The summed E-state index contributed by atoms with van der Waals surface area (Å²) >= 11 is 0. The highest BCUT2D eigenvalue weighted by Crippen LogP contribution is 2.51. The van der Waals surface area contributed by atoms with Crippen molar-refractivity contribution in [1.82, 2.24) is 0 Å². The van der Waals surface area contributed by atoms with Crippen LogP contribution >= 0.6 is 0 Å². The largest absolute Gasteiger partial charge is 0.456 e. The molecule has 0 radical (unpaired) electrons. The van der Waals surface area contributed by atoms with Crippen molar-refractivity contribution >= 4 is 39.0 Å². The van der Waals surface area contributed by atoms with Crippen LogP contribution in [0.4, 0.5) is 17.1 Å². The molecule has 0 amide bonds. The van der Waals surface area contributed by atoms with Crippen LogP contribution in [-0.2, 0) is 5.41 Å². The van der Waals surface area contributed by atoms with Crippen molar-refractivity contribution in [2.75, 3.05) is 4.90 Å². The summed E-state index contributed by atoms with van der Waals surface area (Å²) in [4.78, 5) is 2.39. The molecule has 0 saturated carbocycles. The number of hydrogen-bond acceptors (Lipinski definition) is 2. The standard InChI is InChI=1S/C39H29NO/c1-39(2)33-18-8-6-16-30(33)32-25-29(22-23-34(32)39)40(28-15-10-14-27(24-28)26-12-4-3-5-13-26)35-19-11-21-37-38(35)31-17-7-9-20-36(31)41-37/h3-25H,1-2H3. The van der Waals surface area contributed by atoms with Crippen molar-refractivity contribution in [1.29, 1.82) is 0 Å². The van der Waals surface area contributed by atoms with E-state index < -0.39 is 0 Å². The Kier molecular flexibility index (Phi) is 5.20. The summed E-state index contributed by atoms with van der Waals surface area (Å²) in [7, 11) is 0. The third-order valence-electron chi connectivity index (χ3n) is 8.66. The van der Waals surface area contributed by atoms with Gasteiger partial charge in [-0.25, -0.2) is 0 Å². The molecule has 7 aromatic rings. The van der Waals surface area contributed by atoms with Gasteiger partial charge in [-0.1, -0.05) is 111 Å². The third kappa shape index (κ3) is 3.64. The van der Waals surface area contributed by atoms with Gasteiger partial charge in [0, 0.05) is 22.2 Å². The molecule has 1 aromatic heterocycles. The van der Waals surface area contributed by atoms with Gasteiger partial charge in [-0.3, -0.25) is 0 Å². The quantitative estimate of drug-likeness (QED) is 0.226. The van der Waals surface area contributed by atoms with Crippen molar-refractivity contribution in [3.05, 3.63) is 151 Å². The summed E-state index contributed by atoms with van der Waals surface area (Å²) in [5.74, 6) is 0. The highest BCUT2D eigenvalue weighted by Gasteiger charge is 2.35.